The summed E-state index contributed by atoms with van der Waals surface area (Å²) in [7, 11) is 0. The number of aromatic nitrogens is 2. The van der Waals surface area contributed by atoms with Crippen LogP contribution >= 0.6 is 11.6 Å². The van der Waals surface area contributed by atoms with Crippen LogP contribution in [-0.2, 0) is 0 Å². The molecule has 1 heterocycles. The highest BCUT2D eigenvalue weighted by molar-refractivity contribution is 6.67. The number of halogens is 2. The summed E-state index contributed by atoms with van der Waals surface area (Å²) in [6, 6.07) is 0. The van der Waals surface area contributed by atoms with E-state index in [-0.39, 0.29) is 0 Å². The van der Waals surface area contributed by atoms with Gasteiger partial charge in [0.1, 0.15) is 6.33 Å². The van der Waals surface area contributed by atoms with Gasteiger partial charge < -0.3 is 0 Å². The zero-order valence-electron chi connectivity index (χ0n) is 4.71. The van der Waals surface area contributed by atoms with Crippen LogP contribution in [0.2, 0.25) is 0 Å². The first kappa shape index (κ1) is 7.08. The molecule has 5 heteroatoms. The molecule has 0 aromatic carbocycles. The van der Waals surface area contributed by atoms with Crippen LogP contribution in [-0.4, -0.2) is 15.2 Å². The van der Waals surface area contributed by atoms with Gasteiger partial charge in [0.15, 0.2) is 11.5 Å². The van der Waals surface area contributed by atoms with Gasteiger partial charge in [0.2, 0.25) is 0 Å². The highest BCUT2D eigenvalue weighted by Gasteiger charge is 2.08. The third-order valence-corrected chi connectivity index (χ3v) is 1.03. The van der Waals surface area contributed by atoms with E-state index in [2.05, 4.69) is 9.97 Å². The van der Waals surface area contributed by atoms with E-state index < -0.39 is 16.8 Å². The maximum atomic E-state index is 12.4. The minimum absolute atomic E-state index is 0.392. The molecule has 0 fully saturated rings. The summed E-state index contributed by atoms with van der Waals surface area (Å²) in [5.74, 6) is -0.803. The predicted octanol–water partition coefficient (Wildman–Crippen LogP) is 0.995. The molecule has 1 aromatic heterocycles. The molecular formula is C5H2ClFN2O. The molecule has 0 unspecified atom stereocenters. The second-order valence-electron chi connectivity index (χ2n) is 1.49. The molecule has 0 saturated carbocycles. The van der Waals surface area contributed by atoms with Crippen molar-refractivity contribution in [2.24, 2.45) is 0 Å². The lowest BCUT2D eigenvalue weighted by Gasteiger charge is -1.90. The zero-order chi connectivity index (χ0) is 7.56. The normalized spacial score (nSPS) is 9.40. The second kappa shape index (κ2) is 2.70. The van der Waals surface area contributed by atoms with E-state index in [1.54, 1.807) is 0 Å². The topological polar surface area (TPSA) is 42.9 Å². The SMILES string of the molecule is O=C(Cl)c1ncncc1F. The molecule has 0 aliphatic rings. The van der Waals surface area contributed by atoms with E-state index in [4.69, 9.17) is 11.6 Å². The third kappa shape index (κ3) is 1.27. The quantitative estimate of drug-likeness (QED) is 0.576. The number of carbonyl (C=O) groups is 1. The van der Waals surface area contributed by atoms with E-state index >= 15 is 0 Å². The summed E-state index contributed by atoms with van der Waals surface area (Å²) < 4.78 is 12.4. The van der Waals surface area contributed by atoms with Gasteiger partial charge in [-0.15, -0.1) is 0 Å². The van der Waals surface area contributed by atoms with E-state index in [1.165, 1.54) is 0 Å². The third-order valence-electron chi connectivity index (χ3n) is 0.854. The summed E-state index contributed by atoms with van der Waals surface area (Å²) in [5, 5.41) is -0.917. The average molecular weight is 161 g/mol. The highest BCUT2D eigenvalue weighted by Crippen LogP contribution is 2.03. The Morgan fingerprint density at radius 3 is 2.80 bits per heavy atom. The van der Waals surface area contributed by atoms with Crippen molar-refractivity contribution in [1.82, 2.24) is 9.97 Å². The first-order chi connectivity index (χ1) is 4.72. The molecule has 0 radical (unpaired) electrons. The van der Waals surface area contributed by atoms with E-state index in [9.17, 15) is 9.18 Å². The summed E-state index contributed by atoms with van der Waals surface area (Å²) in [4.78, 5) is 16.9. The molecule has 0 aliphatic carbocycles. The zero-order valence-corrected chi connectivity index (χ0v) is 5.47. The Balaban J connectivity index is 3.15. The Hall–Kier alpha value is -1.03. The van der Waals surface area contributed by atoms with Crippen molar-refractivity contribution in [3.63, 3.8) is 0 Å². The van der Waals surface area contributed by atoms with Gasteiger partial charge in [-0.05, 0) is 11.6 Å². The minimum Gasteiger partial charge on any atom is -0.274 e. The summed E-state index contributed by atoms with van der Waals surface area (Å²) in [5.41, 5.74) is -0.392. The molecule has 52 valence electrons. The molecule has 3 nitrogen and oxygen atoms in total. The van der Waals surface area contributed by atoms with Crippen molar-refractivity contribution in [3.8, 4) is 0 Å². The number of nitrogens with zero attached hydrogens (tertiary/aromatic N) is 2. The van der Waals surface area contributed by atoms with Crippen LogP contribution in [0.15, 0.2) is 12.5 Å². The van der Waals surface area contributed by atoms with Gasteiger partial charge in [-0.3, -0.25) is 4.79 Å². The summed E-state index contributed by atoms with van der Waals surface area (Å²) >= 11 is 4.94. The van der Waals surface area contributed by atoms with Gasteiger partial charge in [-0.25, -0.2) is 14.4 Å². The minimum atomic E-state index is -0.917. The molecular weight excluding hydrogens is 159 g/mol. The van der Waals surface area contributed by atoms with Crippen LogP contribution in [0.3, 0.4) is 0 Å². The smallest absolute Gasteiger partial charge is 0.273 e. The van der Waals surface area contributed by atoms with Crippen LogP contribution in [0, 0.1) is 5.82 Å². The Labute approximate surface area is 60.9 Å². The first-order valence-electron chi connectivity index (χ1n) is 2.37. The predicted molar refractivity (Wildman–Crippen MR) is 32.2 cm³/mol. The summed E-state index contributed by atoms with van der Waals surface area (Å²) in [6.45, 7) is 0. The molecule has 0 atom stereocenters. The Kier molecular flexibility index (Phi) is 1.91. The maximum absolute atomic E-state index is 12.4. The monoisotopic (exact) mass is 160 g/mol. The molecule has 0 amide bonds. The van der Waals surface area contributed by atoms with Crippen LogP contribution < -0.4 is 0 Å². The summed E-state index contributed by atoms with van der Waals surface area (Å²) in [6.07, 6.45) is 1.93. The number of hydrogen-bond acceptors (Lipinski definition) is 3. The van der Waals surface area contributed by atoms with Crippen LogP contribution in [0.1, 0.15) is 10.5 Å². The van der Waals surface area contributed by atoms with E-state index in [0.29, 0.717) is 0 Å². The van der Waals surface area contributed by atoms with Crippen LogP contribution in [0.5, 0.6) is 0 Å². The van der Waals surface area contributed by atoms with Gasteiger partial charge in [-0.1, -0.05) is 0 Å². The van der Waals surface area contributed by atoms with Crippen molar-refractivity contribution in [1.29, 1.82) is 0 Å². The van der Waals surface area contributed by atoms with Gasteiger partial charge >= 0.3 is 0 Å². The van der Waals surface area contributed by atoms with Crippen molar-refractivity contribution < 1.29 is 9.18 Å². The van der Waals surface area contributed by atoms with Gasteiger partial charge in [-0.2, -0.15) is 0 Å². The fraction of sp³-hybridized carbons (Fsp3) is 0. The molecule has 0 spiro atoms. The van der Waals surface area contributed by atoms with Gasteiger partial charge in [0, 0.05) is 0 Å². The fourth-order valence-electron chi connectivity index (χ4n) is 0.457. The first-order valence-corrected chi connectivity index (χ1v) is 2.75. The van der Waals surface area contributed by atoms with Crippen molar-refractivity contribution in [2.75, 3.05) is 0 Å². The molecule has 0 N–H and O–H groups in total. The van der Waals surface area contributed by atoms with Crippen LogP contribution in [0.25, 0.3) is 0 Å². The Morgan fingerprint density at radius 2 is 2.40 bits per heavy atom. The fourth-order valence-corrected chi connectivity index (χ4v) is 0.596. The van der Waals surface area contributed by atoms with Crippen molar-refractivity contribution >= 4 is 16.8 Å². The lowest BCUT2D eigenvalue weighted by Crippen LogP contribution is -1.98. The Morgan fingerprint density at radius 1 is 1.70 bits per heavy atom. The largest absolute Gasteiger partial charge is 0.274 e. The number of carbonyl (C=O) groups excluding carboxylic acids is 1. The van der Waals surface area contributed by atoms with Gasteiger partial charge in [0.05, 0.1) is 6.20 Å². The molecule has 0 saturated heterocycles. The lowest BCUT2D eigenvalue weighted by atomic mass is 10.4. The molecule has 10 heavy (non-hydrogen) atoms. The van der Waals surface area contributed by atoms with Crippen LogP contribution in [0.4, 0.5) is 4.39 Å². The molecule has 1 aromatic rings. The van der Waals surface area contributed by atoms with Crippen molar-refractivity contribution in [2.45, 2.75) is 0 Å². The number of rotatable bonds is 1. The molecule has 0 bridgehead atoms. The Bertz CT molecular complexity index is 266. The highest BCUT2D eigenvalue weighted by atomic mass is 35.5. The molecule has 1 rings (SSSR count). The number of hydrogen-bond donors (Lipinski definition) is 0. The van der Waals surface area contributed by atoms with E-state index in [0.717, 1.165) is 12.5 Å². The maximum Gasteiger partial charge on any atom is 0.273 e. The van der Waals surface area contributed by atoms with Crippen molar-refractivity contribution in [3.05, 3.63) is 24.0 Å². The molecule has 0 aliphatic heterocycles. The lowest BCUT2D eigenvalue weighted by molar-refractivity contribution is 0.107. The average Bonchev–Trinajstić information content (AvgIpc) is 1.88. The standard InChI is InChI=1S/C5H2ClFN2O/c6-5(10)4-3(7)1-8-2-9-4/h1-2H. The van der Waals surface area contributed by atoms with E-state index in [1.807, 2.05) is 0 Å². The second-order valence-corrected chi connectivity index (χ2v) is 1.84. The van der Waals surface area contributed by atoms with Gasteiger partial charge in [0.25, 0.3) is 5.24 Å².